The molecule has 0 radical (unpaired) electrons. The van der Waals surface area contributed by atoms with Crippen molar-refractivity contribution in [3.63, 3.8) is 0 Å². The Labute approximate surface area is 146 Å². The smallest absolute Gasteiger partial charge is 0.305 e. The van der Waals surface area contributed by atoms with Gasteiger partial charge in [0.05, 0.1) is 6.42 Å². The summed E-state index contributed by atoms with van der Waals surface area (Å²) in [5.41, 5.74) is 0. The van der Waals surface area contributed by atoms with E-state index in [4.69, 9.17) is 18.9 Å². The summed E-state index contributed by atoms with van der Waals surface area (Å²) in [6.45, 7) is 6.03. The van der Waals surface area contributed by atoms with Gasteiger partial charge in [0.1, 0.15) is 6.10 Å². The zero-order valence-electron chi connectivity index (χ0n) is 14.9. The number of hydrogen-bond donors (Lipinski definition) is 1. The molecule has 0 aromatic carbocycles. The van der Waals surface area contributed by atoms with Gasteiger partial charge in [0, 0.05) is 27.3 Å². The molecule has 0 bridgehead atoms. The first-order valence-corrected chi connectivity index (χ1v) is 8.18. The van der Waals surface area contributed by atoms with Crippen LogP contribution in [0.4, 0.5) is 0 Å². The second-order valence-corrected chi connectivity index (χ2v) is 5.71. The SMILES string of the molecule is CCCCNC(=O)C[C@H]1OC(OC(C)=O)[C@H](OC(C)=O)[C@@H]1OC(C)=O. The Kier molecular flexibility index (Phi) is 8.33. The molecule has 1 amide bonds. The van der Waals surface area contributed by atoms with E-state index < -0.39 is 42.5 Å². The average molecular weight is 359 g/mol. The molecule has 0 aromatic heterocycles. The molecule has 4 atom stereocenters. The zero-order chi connectivity index (χ0) is 19.0. The van der Waals surface area contributed by atoms with Crippen LogP contribution in [0.2, 0.25) is 0 Å². The van der Waals surface area contributed by atoms with Crippen LogP contribution in [-0.4, -0.2) is 55.0 Å². The summed E-state index contributed by atoms with van der Waals surface area (Å²) in [7, 11) is 0. The van der Waals surface area contributed by atoms with E-state index in [1.165, 1.54) is 20.8 Å². The first kappa shape index (κ1) is 20.9. The summed E-state index contributed by atoms with van der Waals surface area (Å²) in [4.78, 5) is 46.0. The molecule has 0 saturated carbocycles. The fourth-order valence-electron chi connectivity index (χ4n) is 2.42. The van der Waals surface area contributed by atoms with Gasteiger partial charge in [-0.05, 0) is 6.42 Å². The zero-order valence-corrected chi connectivity index (χ0v) is 14.9. The van der Waals surface area contributed by atoms with E-state index in [1.54, 1.807) is 0 Å². The Bertz CT molecular complexity index is 506. The maximum absolute atomic E-state index is 12.0. The number of carbonyl (C=O) groups excluding carboxylic acids is 4. The standard InChI is InChI=1S/C16H25NO8/c1-5-6-7-17-13(21)8-12-14(22-9(2)18)15(23-10(3)19)16(25-12)24-11(4)20/h12,14-16H,5-8H2,1-4H3,(H,17,21)/t12-,14-,15-,16?/m1/s1. The molecule has 1 fully saturated rings. The number of unbranched alkanes of at least 4 members (excludes halogenated alkanes) is 1. The normalized spacial score (nSPS) is 25.1. The first-order chi connectivity index (χ1) is 11.7. The predicted molar refractivity (Wildman–Crippen MR) is 84.1 cm³/mol. The Morgan fingerprint density at radius 1 is 0.920 bits per heavy atom. The lowest BCUT2D eigenvalue weighted by Crippen LogP contribution is -2.42. The first-order valence-electron chi connectivity index (χ1n) is 8.18. The van der Waals surface area contributed by atoms with Crippen molar-refractivity contribution in [3.8, 4) is 0 Å². The van der Waals surface area contributed by atoms with Crippen LogP contribution < -0.4 is 5.32 Å². The maximum Gasteiger partial charge on any atom is 0.305 e. The quantitative estimate of drug-likeness (QED) is 0.377. The molecule has 0 aliphatic carbocycles. The molecule has 0 spiro atoms. The van der Waals surface area contributed by atoms with Gasteiger partial charge >= 0.3 is 17.9 Å². The van der Waals surface area contributed by atoms with E-state index in [9.17, 15) is 19.2 Å². The molecular weight excluding hydrogens is 334 g/mol. The van der Waals surface area contributed by atoms with Crippen molar-refractivity contribution in [2.24, 2.45) is 0 Å². The van der Waals surface area contributed by atoms with Crippen LogP contribution in [0.5, 0.6) is 0 Å². The molecule has 9 nitrogen and oxygen atoms in total. The summed E-state index contributed by atoms with van der Waals surface area (Å²) < 4.78 is 20.8. The Morgan fingerprint density at radius 2 is 1.48 bits per heavy atom. The fourth-order valence-corrected chi connectivity index (χ4v) is 2.42. The van der Waals surface area contributed by atoms with Gasteiger partial charge in [-0.3, -0.25) is 19.2 Å². The third-order valence-corrected chi connectivity index (χ3v) is 3.39. The van der Waals surface area contributed by atoms with Crippen LogP contribution in [-0.2, 0) is 38.1 Å². The third kappa shape index (κ3) is 7.08. The maximum atomic E-state index is 12.0. The lowest BCUT2D eigenvalue weighted by Gasteiger charge is -2.22. The van der Waals surface area contributed by atoms with Crippen molar-refractivity contribution >= 4 is 23.8 Å². The van der Waals surface area contributed by atoms with E-state index in [1.807, 2.05) is 6.92 Å². The molecule has 1 aliphatic heterocycles. The molecule has 9 heteroatoms. The number of carbonyl (C=O) groups is 4. The highest BCUT2D eigenvalue weighted by Gasteiger charge is 2.51. The predicted octanol–water partition coefficient (Wildman–Crippen LogP) is 0.444. The molecule has 25 heavy (non-hydrogen) atoms. The minimum absolute atomic E-state index is 0.128. The molecule has 0 aromatic rings. The average Bonchev–Trinajstić information content (AvgIpc) is 2.75. The number of nitrogens with one attached hydrogen (secondary N) is 1. The second-order valence-electron chi connectivity index (χ2n) is 5.71. The summed E-state index contributed by atoms with van der Waals surface area (Å²) >= 11 is 0. The third-order valence-electron chi connectivity index (χ3n) is 3.39. The van der Waals surface area contributed by atoms with Crippen LogP contribution in [0.1, 0.15) is 47.0 Å². The van der Waals surface area contributed by atoms with Crippen LogP contribution in [0.3, 0.4) is 0 Å². The van der Waals surface area contributed by atoms with E-state index in [-0.39, 0.29) is 12.3 Å². The summed E-state index contributed by atoms with van der Waals surface area (Å²) in [5.74, 6) is -2.25. The molecular formula is C16H25NO8. The Hall–Kier alpha value is -2.16. The Balaban J connectivity index is 2.87. The molecule has 142 valence electrons. The van der Waals surface area contributed by atoms with Crippen LogP contribution in [0.25, 0.3) is 0 Å². The van der Waals surface area contributed by atoms with Gasteiger partial charge in [0.25, 0.3) is 0 Å². The summed E-state index contributed by atoms with van der Waals surface area (Å²) in [5, 5.41) is 2.72. The monoisotopic (exact) mass is 359 g/mol. The van der Waals surface area contributed by atoms with Gasteiger partial charge in [0.2, 0.25) is 18.3 Å². The number of ether oxygens (including phenoxy) is 4. The van der Waals surface area contributed by atoms with E-state index in [2.05, 4.69) is 5.32 Å². The van der Waals surface area contributed by atoms with Crippen molar-refractivity contribution in [2.75, 3.05) is 6.54 Å². The minimum Gasteiger partial charge on any atom is -0.456 e. The van der Waals surface area contributed by atoms with Crippen LogP contribution in [0.15, 0.2) is 0 Å². The Morgan fingerprint density at radius 3 is 2.00 bits per heavy atom. The van der Waals surface area contributed by atoms with Gasteiger partial charge in [-0.2, -0.15) is 0 Å². The lowest BCUT2D eigenvalue weighted by atomic mass is 10.1. The fraction of sp³-hybridized carbons (Fsp3) is 0.750. The molecule has 1 N–H and O–H groups in total. The van der Waals surface area contributed by atoms with Crippen molar-refractivity contribution in [1.29, 1.82) is 0 Å². The van der Waals surface area contributed by atoms with E-state index in [0.29, 0.717) is 6.54 Å². The van der Waals surface area contributed by atoms with E-state index in [0.717, 1.165) is 12.8 Å². The highest BCUT2D eigenvalue weighted by Crippen LogP contribution is 2.30. The van der Waals surface area contributed by atoms with Gasteiger partial charge in [-0.25, -0.2) is 0 Å². The van der Waals surface area contributed by atoms with Gasteiger partial charge in [-0.15, -0.1) is 0 Å². The highest BCUT2D eigenvalue weighted by atomic mass is 16.7. The number of rotatable bonds is 8. The lowest BCUT2D eigenvalue weighted by molar-refractivity contribution is -0.195. The van der Waals surface area contributed by atoms with Gasteiger partial charge in [-0.1, -0.05) is 13.3 Å². The largest absolute Gasteiger partial charge is 0.456 e. The molecule has 1 saturated heterocycles. The topological polar surface area (TPSA) is 117 Å². The summed E-state index contributed by atoms with van der Waals surface area (Å²) in [6.07, 6.45) is -2.72. The molecule has 1 heterocycles. The van der Waals surface area contributed by atoms with Crippen molar-refractivity contribution in [1.82, 2.24) is 5.32 Å². The molecule has 1 unspecified atom stereocenters. The molecule has 1 aliphatic rings. The number of hydrogen-bond acceptors (Lipinski definition) is 8. The second kappa shape index (κ2) is 9.97. The van der Waals surface area contributed by atoms with Gasteiger partial charge in [0.15, 0.2) is 6.10 Å². The van der Waals surface area contributed by atoms with Crippen LogP contribution in [0, 0.1) is 0 Å². The number of esters is 3. The van der Waals surface area contributed by atoms with E-state index >= 15 is 0 Å². The van der Waals surface area contributed by atoms with Crippen LogP contribution >= 0.6 is 0 Å². The van der Waals surface area contributed by atoms with Crippen molar-refractivity contribution < 1.29 is 38.1 Å². The van der Waals surface area contributed by atoms with Gasteiger partial charge < -0.3 is 24.3 Å². The van der Waals surface area contributed by atoms with Crippen molar-refractivity contribution in [2.45, 2.75) is 71.6 Å². The number of amides is 1. The minimum atomic E-state index is -1.25. The molecule has 1 rings (SSSR count). The van der Waals surface area contributed by atoms with Crippen molar-refractivity contribution in [3.05, 3.63) is 0 Å². The summed E-state index contributed by atoms with van der Waals surface area (Å²) in [6, 6.07) is 0. The highest BCUT2D eigenvalue weighted by molar-refractivity contribution is 5.76.